The van der Waals surface area contributed by atoms with Crippen LogP contribution in [0.3, 0.4) is 0 Å². The van der Waals surface area contributed by atoms with Crippen molar-refractivity contribution in [2.75, 3.05) is 20.7 Å². The molecular weight excluding hydrogens is 300 g/mol. The van der Waals surface area contributed by atoms with E-state index in [0.717, 1.165) is 25.0 Å². The highest BCUT2D eigenvalue weighted by atomic mass is 16.5. The lowest BCUT2D eigenvalue weighted by Crippen LogP contribution is -2.31. The maximum atomic E-state index is 11.8. The summed E-state index contributed by atoms with van der Waals surface area (Å²) < 4.78 is 4.79. The van der Waals surface area contributed by atoms with E-state index in [1.54, 1.807) is 0 Å². The fraction of sp³-hybridized carbons (Fsp3) is 0.750. The van der Waals surface area contributed by atoms with Gasteiger partial charge in [-0.05, 0) is 42.2 Å². The Hall–Kier alpha value is -1.45. The molecule has 0 fully saturated rings. The van der Waals surface area contributed by atoms with Crippen LogP contribution in [0.25, 0.3) is 0 Å². The normalized spacial score (nSPS) is 20.2. The van der Waals surface area contributed by atoms with Crippen LogP contribution in [0.2, 0.25) is 0 Å². The number of rotatable bonds is 8. The average molecular weight is 337 g/mol. The van der Waals surface area contributed by atoms with E-state index in [0.29, 0.717) is 5.92 Å². The Morgan fingerprint density at radius 3 is 2.58 bits per heavy atom. The van der Waals surface area contributed by atoms with Crippen LogP contribution in [0.5, 0.6) is 0 Å². The van der Waals surface area contributed by atoms with Gasteiger partial charge in [-0.3, -0.25) is 0 Å². The number of carbonyl (C=O) groups is 1. The zero-order valence-corrected chi connectivity index (χ0v) is 16.4. The minimum Gasteiger partial charge on any atom is -0.464 e. The van der Waals surface area contributed by atoms with Gasteiger partial charge in [0.25, 0.3) is 0 Å². The lowest BCUT2D eigenvalue weighted by Gasteiger charge is -2.37. The third-order valence-electron chi connectivity index (χ3n) is 4.99. The van der Waals surface area contributed by atoms with Crippen LogP contribution in [-0.2, 0) is 9.53 Å². The third-order valence-corrected chi connectivity index (χ3v) is 4.99. The summed E-state index contributed by atoms with van der Waals surface area (Å²) in [6.45, 7) is 10.0. The molecule has 0 radical (unpaired) electrons. The van der Waals surface area contributed by atoms with Crippen LogP contribution in [0.4, 0.5) is 0 Å². The van der Waals surface area contributed by atoms with Crippen molar-refractivity contribution in [2.24, 2.45) is 17.1 Å². The van der Waals surface area contributed by atoms with Gasteiger partial charge in [0.05, 0.1) is 7.11 Å². The highest BCUT2D eigenvalue weighted by Crippen LogP contribution is 2.39. The zero-order chi connectivity index (χ0) is 18.3. The lowest BCUT2D eigenvalue weighted by molar-refractivity contribution is -0.136. The molecule has 24 heavy (non-hydrogen) atoms. The van der Waals surface area contributed by atoms with Crippen LogP contribution >= 0.6 is 0 Å². The molecule has 0 spiro atoms. The molecule has 2 N–H and O–H groups in total. The summed E-state index contributed by atoms with van der Waals surface area (Å²) in [6.07, 6.45) is 8.93. The molecule has 0 aromatic rings. The van der Waals surface area contributed by atoms with Crippen LogP contribution in [0.15, 0.2) is 23.0 Å². The minimum absolute atomic E-state index is 0.0947. The van der Waals surface area contributed by atoms with E-state index < -0.39 is 5.97 Å². The van der Waals surface area contributed by atoms with E-state index in [-0.39, 0.29) is 11.1 Å². The van der Waals surface area contributed by atoms with E-state index >= 15 is 0 Å². The summed E-state index contributed by atoms with van der Waals surface area (Å²) in [7, 11) is 3.54. The first-order valence-electron chi connectivity index (χ1n) is 9.22. The number of methoxy groups -OCH3 is 1. The second kappa shape index (κ2) is 9.14. The van der Waals surface area contributed by atoms with Crippen molar-refractivity contribution in [1.82, 2.24) is 4.90 Å². The fourth-order valence-electron chi connectivity index (χ4n) is 3.45. The molecule has 0 bridgehead atoms. The van der Waals surface area contributed by atoms with Gasteiger partial charge < -0.3 is 15.4 Å². The summed E-state index contributed by atoms with van der Waals surface area (Å²) in [5.74, 6) is 0.279. The third kappa shape index (κ3) is 5.88. The molecule has 0 amide bonds. The van der Waals surface area contributed by atoms with Crippen molar-refractivity contribution in [1.29, 1.82) is 0 Å². The van der Waals surface area contributed by atoms with Crippen molar-refractivity contribution in [3.8, 4) is 0 Å². The lowest BCUT2D eigenvalue weighted by atomic mass is 9.76. The Balaban J connectivity index is 2.98. The van der Waals surface area contributed by atoms with E-state index in [2.05, 4.69) is 45.7 Å². The number of esters is 1. The number of hydrogen-bond acceptors (Lipinski definition) is 4. The molecule has 0 saturated carbocycles. The molecule has 1 atom stereocenters. The van der Waals surface area contributed by atoms with Crippen molar-refractivity contribution in [3.05, 3.63) is 23.0 Å². The molecule has 1 aliphatic rings. The Morgan fingerprint density at radius 2 is 2.04 bits per heavy atom. The van der Waals surface area contributed by atoms with Crippen LogP contribution in [-0.4, -0.2) is 31.6 Å². The largest absolute Gasteiger partial charge is 0.464 e. The van der Waals surface area contributed by atoms with Crippen molar-refractivity contribution >= 4 is 5.97 Å². The van der Waals surface area contributed by atoms with E-state index in [1.165, 1.54) is 38.5 Å². The first-order chi connectivity index (χ1) is 11.2. The summed E-state index contributed by atoms with van der Waals surface area (Å²) in [5, 5.41) is 0. The Bertz CT molecular complexity index is 492. The molecule has 1 unspecified atom stereocenters. The van der Waals surface area contributed by atoms with E-state index in [9.17, 15) is 4.79 Å². The number of hydrogen-bond donors (Lipinski definition) is 1. The van der Waals surface area contributed by atoms with Crippen LogP contribution in [0, 0.1) is 11.3 Å². The van der Waals surface area contributed by atoms with Crippen LogP contribution in [0.1, 0.15) is 66.2 Å². The molecular formula is C20H36N2O2. The maximum absolute atomic E-state index is 11.8. The standard InChI is InChI=1S/C20H36N2O2/c1-7-9-10-15(8-2)14-22(5)17-11-16(12-20(3,4)13-17)18(21)19(23)24-6/h11,15H,7-10,12-14,21H2,1-6H3/b18-16-. The van der Waals surface area contributed by atoms with Crippen molar-refractivity contribution in [3.63, 3.8) is 0 Å². The van der Waals surface area contributed by atoms with Gasteiger partial charge in [0.2, 0.25) is 0 Å². The van der Waals surface area contributed by atoms with Crippen LogP contribution < -0.4 is 5.73 Å². The van der Waals surface area contributed by atoms with E-state index in [1.807, 2.05) is 0 Å². The van der Waals surface area contributed by atoms with Crippen molar-refractivity contribution < 1.29 is 9.53 Å². The monoisotopic (exact) mass is 336 g/mol. The molecule has 138 valence electrons. The number of unbranched alkanes of at least 4 members (excludes halogenated alkanes) is 1. The quantitative estimate of drug-likeness (QED) is 0.532. The summed E-state index contributed by atoms with van der Waals surface area (Å²) in [4.78, 5) is 14.1. The van der Waals surface area contributed by atoms with Gasteiger partial charge in [0.1, 0.15) is 5.70 Å². The van der Waals surface area contributed by atoms with Gasteiger partial charge >= 0.3 is 5.97 Å². The number of allylic oxidation sites excluding steroid dienone is 3. The second-order valence-corrected chi connectivity index (χ2v) is 7.88. The first-order valence-corrected chi connectivity index (χ1v) is 9.22. The second-order valence-electron chi connectivity index (χ2n) is 7.88. The predicted molar refractivity (Wildman–Crippen MR) is 100 cm³/mol. The number of carbonyl (C=O) groups excluding carboxylic acids is 1. The molecule has 0 aromatic carbocycles. The molecule has 4 nitrogen and oxygen atoms in total. The number of nitrogens with zero attached hydrogens (tertiary/aromatic N) is 1. The van der Waals surface area contributed by atoms with Gasteiger partial charge in [-0.1, -0.05) is 47.0 Å². The number of ether oxygens (including phenoxy) is 1. The molecule has 0 aromatic heterocycles. The molecule has 4 heteroatoms. The van der Waals surface area contributed by atoms with Gasteiger partial charge in [-0.25, -0.2) is 4.79 Å². The highest BCUT2D eigenvalue weighted by molar-refractivity contribution is 5.88. The minimum atomic E-state index is -0.435. The van der Waals surface area contributed by atoms with Gasteiger partial charge in [-0.15, -0.1) is 0 Å². The molecule has 1 rings (SSSR count). The Kier molecular flexibility index (Phi) is 7.85. The zero-order valence-electron chi connectivity index (χ0n) is 16.4. The summed E-state index contributed by atoms with van der Waals surface area (Å²) in [5.41, 5.74) is 8.53. The predicted octanol–water partition coefficient (Wildman–Crippen LogP) is 4.22. The molecule has 1 aliphatic carbocycles. The van der Waals surface area contributed by atoms with Gasteiger partial charge in [-0.2, -0.15) is 0 Å². The first kappa shape index (κ1) is 20.6. The van der Waals surface area contributed by atoms with Gasteiger partial charge in [0.15, 0.2) is 0 Å². The highest BCUT2D eigenvalue weighted by Gasteiger charge is 2.30. The van der Waals surface area contributed by atoms with E-state index in [4.69, 9.17) is 10.5 Å². The fourth-order valence-corrected chi connectivity index (χ4v) is 3.45. The SMILES string of the molecule is CCCCC(CC)CN(C)C1=C/C(=C(/N)C(=O)OC)CC(C)(C)C1. The Labute approximate surface area is 148 Å². The average Bonchev–Trinajstić information content (AvgIpc) is 2.55. The maximum Gasteiger partial charge on any atom is 0.354 e. The molecule has 0 saturated heterocycles. The number of nitrogens with two attached hydrogens (primary N) is 1. The van der Waals surface area contributed by atoms with Gasteiger partial charge in [0, 0.05) is 19.3 Å². The Morgan fingerprint density at radius 1 is 1.38 bits per heavy atom. The topological polar surface area (TPSA) is 55.6 Å². The molecule has 0 heterocycles. The smallest absolute Gasteiger partial charge is 0.354 e. The summed E-state index contributed by atoms with van der Waals surface area (Å²) in [6, 6.07) is 0. The van der Waals surface area contributed by atoms with Crippen molar-refractivity contribution in [2.45, 2.75) is 66.2 Å². The summed E-state index contributed by atoms with van der Waals surface area (Å²) >= 11 is 0. The molecule has 0 aliphatic heterocycles.